The second-order valence-corrected chi connectivity index (χ2v) is 11.6. The van der Waals surface area contributed by atoms with E-state index in [0.29, 0.717) is 34.9 Å². The van der Waals surface area contributed by atoms with Crippen molar-refractivity contribution in [1.82, 2.24) is 4.90 Å². The molecule has 0 unspecified atom stereocenters. The Morgan fingerprint density at radius 1 is 1.18 bits per heavy atom. The van der Waals surface area contributed by atoms with Gasteiger partial charge in [0.2, 0.25) is 5.91 Å². The van der Waals surface area contributed by atoms with Crippen molar-refractivity contribution in [3.63, 3.8) is 0 Å². The first-order valence-corrected chi connectivity index (χ1v) is 13.1. The number of rotatable bonds is 8. The number of anilines is 1. The number of nitrogens with one attached hydrogen (secondary N) is 1. The summed E-state index contributed by atoms with van der Waals surface area (Å²) in [4.78, 5) is 27.7. The molecule has 1 heterocycles. The predicted octanol–water partition coefficient (Wildman–Crippen LogP) is 3.82. The van der Waals surface area contributed by atoms with Crippen LogP contribution in [0.2, 0.25) is 0 Å². The Bertz CT molecular complexity index is 1200. The fourth-order valence-corrected chi connectivity index (χ4v) is 4.82. The van der Waals surface area contributed by atoms with Crippen LogP contribution in [0.3, 0.4) is 0 Å². The number of sulfone groups is 1. The van der Waals surface area contributed by atoms with E-state index in [-0.39, 0.29) is 24.1 Å². The number of ether oxygens (including phenoxy) is 2. The van der Waals surface area contributed by atoms with E-state index in [4.69, 9.17) is 9.47 Å². The van der Waals surface area contributed by atoms with Crippen molar-refractivity contribution in [2.75, 3.05) is 31.0 Å². The number of hydrogen-bond acceptors (Lipinski definition) is 6. The maximum atomic E-state index is 13.6. The number of benzene rings is 2. The van der Waals surface area contributed by atoms with Crippen LogP contribution < -0.4 is 14.8 Å². The molecule has 0 aromatic heterocycles. The van der Waals surface area contributed by atoms with E-state index in [9.17, 15) is 18.0 Å². The summed E-state index contributed by atoms with van der Waals surface area (Å²) >= 11 is 0. The van der Waals surface area contributed by atoms with Crippen molar-refractivity contribution < 1.29 is 27.5 Å². The van der Waals surface area contributed by atoms with Crippen molar-refractivity contribution in [3.05, 3.63) is 53.1 Å². The predicted molar refractivity (Wildman–Crippen MR) is 131 cm³/mol. The van der Waals surface area contributed by atoms with Crippen molar-refractivity contribution in [2.24, 2.45) is 5.41 Å². The topological polar surface area (TPSA) is 102 Å². The number of fused-ring (bicyclic) bond motifs is 1. The van der Waals surface area contributed by atoms with E-state index in [1.165, 1.54) is 12.0 Å². The molecule has 1 atom stereocenters. The number of amides is 2. The fraction of sp³-hybridized carbons (Fsp3) is 0.440. The summed E-state index contributed by atoms with van der Waals surface area (Å²) in [5, 5.41) is 2.86. The molecule has 3 rings (SSSR count). The third kappa shape index (κ3) is 5.52. The summed E-state index contributed by atoms with van der Waals surface area (Å²) in [6.45, 7) is 7.85. The molecule has 0 bridgehead atoms. The van der Waals surface area contributed by atoms with Crippen LogP contribution in [0.15, 0.2) is 36.4 Å². The summed E-state index contributed by atoms with van der Waals surface area (Å²) in [5.41, 5.74) is 1.52. The van der Waals surface area contributed by atoms with Crippen LogP contribution in [0.4, 0.5) is 5.69 Å². The smallest absolute Gasteiger partial charge is 0.257 e. The summed E-state index contributed by atoms with van der Waals surface area (Å²) in [5.74, 6) is 0.197. The van der Waals surface area contributed by atoms with Gasteiger partial charge in [0.05, 0.1) is 36.8 Å². The van der Waals surface area contributed by atoms with Crippen molar-refractivity contribution in [1.29, 1.82) is 0 Å². The van der Waals surface area contributed by atoms with Gasteiger partial charge in [-0.05, 0) is 36.2 Å². The normalized spacial score (nSPS) is 14.5. The third-order valence-corrected chi connectivity index (χ3v) is 6.53. The fourth-order valence-electron chi connectivity index (χ4n) is 3.87. The van der Waals surface area contributed by atoms with E-state index in [1.807, 2.05) is 13.0 Å². The lowest BCUT2D eigenvalue weighted by Gasteiger charge is -2.28. The molecular weight excluding hydrogens is 456 g/mol. The zero-order chi connectivity index (χ0) is 25.3. The van der Waals surface area contributed by atoms with Gasteiger partial charge in [0.15, 0.2) is 11.5 Å². The monoisotopic (exact) mass is 488 g/mol. The van der Waals surface area contributed by atoms with Gasteiger partial charge in [0.25, 0.3) is 5.91 Å². The van der Waals surface area contributed by atoms with Crippen molar-refractivity contribution in [2.45, 2.75) is 40.3 Å². The third-order valence-electron chi connectivity index (χ3n) is 5.60. The second kappa shape index (κ2) is 9.66. The van der Waals surface area contributed by atoms with Crippen LogP contribution >= 0.6 is 0 Å². The van der Waals surface area contributed by atoms with Gasteiger partial charge in [-0.15, -0.1) is 0 Å². The molecule has 1 aliphatic heterocycles. The number of methoxy groups -OCH3 is 1. The van der Waals surface area contributed by atoms with Gasteiger partial charge in [-0.25, -0.2) is 8.42 Å². The van der Waals surface area contributed by atoms with Gasteiger partial charge in [0.1, 0.15) is 9.84 Å². The number of carbonyl (C=O) groups is 2. The minimum atomic E-state index is -3.44. The number of nitrogens with zero attached hydrogens (tertiary/aromatic N) is 1. The molecule has 0 aliphatic carbocycles. The van der Waals surface area contributed by atoms with Gasteiger partial charge >= 0.3 is 0 Å². The zero-order valence-electron chi connectivity index (χ0n) is 20.5. The molecule has 8 nitrogen and oxygen atoms in total. The molecule has 0 radical (unpaired) electrons. The van der Waals surface area contributed by atoms with Crippen LogP contribution in [0.1, 0.15) is 55.2 Å². The van der Waals surface area contributed by atoms with Gasteiger partial charge in [0, 0.05) is 18.2 Å². The van der Waals surface area contributed by atoms with Crippen LogP contribution in [-0.4, -0.2) is 50.9 Å². The minimum absolute atomic E-state index is 0.212. The van der Waals surface area contributed by atoms with Crippen molar-refractivity contribution in [3.8, 4) is 11.5 Å². The van der Waals surface area contributed by atoms with Gasteiger partial charge in [-0.2, -0.15) is 0 Å². The largest absolute Gasteiger partial charge is 0.493 e. The molecular formula is C25H32N2O6S. The first-order valence-electron chi connectivity index (χ1n) is 11.1. The highest BCUT2D eigenvalue weighted by Crippen LogP contribution is 2.38. The average Bonchev–Trinajstić information content (AvgIpc) is 3.08. The Labute approximate surface area is 201 Å². The molecule has 0 fully saturated rings. The first kappa shape index (κ1) is 25.6. The summed E-state index contributed by atoms with van der Waals surface area (Å²) in [7, 11) is -1.92. The van der Waals surface area contributed by atoms with E-state index in [2.05, 4.69) is 5.32 Å². The Morgan fingerprint density at radius 2 is 1.88 bits per heavy atom. The summed E-state index contributed by atoms with van der Waals surface area (Å²) in [6.07, 6.45) is 1.15. The van der Waals surface area contributed by atoms with Gasteiger partial charge < -0.3 is 19.7 Å². The van der Waals surface area contributed by atoms with Crippen LogP contribution in [0.5, 0.6) is 11.5 Å². The standard InChI is InChI=1S/C25H32N2O6S/c1-7-33-21-13-16(11-12-20(21)32-5)19(15-34(6,30)31)27-14-17-9-8-10-18(22(17)23(27)28)26-24(29)25(2,3)4/h8-13,19H,7,14-15H2,1-6H3,(H,26,29)/t19-/m1/s1. The number of carbonyl (C=O) groups excluding carboxylic acids is 2. The van der Waals surface area contributed by atoms with Crippen LogP contribution in [0, 0.1) is 5.41 Å². The quantitative estimate of drug-likeness (QED) is 0.606. The maximum Gasteiger partial charge on any atom is 0.257 e. The van der Waals surface area contributed by atoms with Gasteiger partial charge in [-0.3, -0.25) is 9.59 Å². The highest BCUT2D eigenvalue weighted by atomic mass is 32.2. The Hall–Kier alpha value is -3.07. The summed E-state index contributed by atoms with van der Waals surface area (Å²) < 4.78 is 35.7. The van der Waals surface area contributed by atoms with E-state index in [0.717, 1.165) is 11.8 Å². The van der Waals surface area contributed by atoms with Crippen LogP contribution in [-0.2, 0) is 21.2 Å². The highest BCUT2D eigenvalue weighted by molar-refractivity contribution is 7.90. The lowest BCUT2D eigenvalue weighted by molar-refractivity contribution is -0.123. The minimum Gasteiger partial charge on any atom is -0.493 e. The Kier molecular flexibility index (Phi) is 7.26. The first-order chi connectivity index (χ1) is 15.9. The molecule has 2 amide bonds. The van der Waals surface area contributed by atoms with E-state index in [1.54, 1.807) is 51.1 Å². The maximum absolute atomic E-state index is 13.6. The zero-order valence-corrected chi connectivity index (χ0v) is 21.3. The molecule has 34 heavy (non-hydrogen) atoms. The molecule has 1 N–H and O–H groups in total. The lowest BCUT2D eigenvalue weighted by atomic mass is 9.95. The van der Waals surface area contributed by atoms with Gasteiger partial charge in [-0.1, -0.05) is 39.0 Å². The lowest BCUT2D eigenvalue weighted by Crippen LogP contribution is -2.34. The Balaban J connectivity index is 2.03. The molecule has 0 saturated heterocycles. The molecule has 0 spiro atoms. The Morgan fingerprint density at radius 3 is 2.47 bits per heavy atom. The molecule has 9 heteroatoms. The SMILES string of the molecule is CCOc1cc([C@@H](CS(C)(=O)=O)N2Cc3cccc(NC(=O)C(C)(C)C)c3C2=O)ccc1OC. The van der Waals surface area contributed by atoms with E-state index < -0.39 is 21.3 Å². The molecule has 1 aliphatic rings. The van der Waals surface area contributed by atoms with Crippen molar-refractivity contribution >= 4 is 27.3 Å². The average molecular weight is 489 g/mol. The highest BCUT2D eigenvalue weighted by Gasteiger charge is 2.37. The molecule has 184 valence electrons. The van der Waals surface area contributed by atoms with E-state index >= 15 is 0 Å². The number of hydrogen-bond donors (Lipinski definition) is 1. The molecule has 2 aromatic carbocycles. The van der Waals surface area contributed by atoms with Crippen LogP contribution in [0.25, 0.3) is 0 Å². The summed E-state index contributed by atoms with van der Waals surface area (Å²) in [6, 6.07) is 9.71. The molecule has 0 saturated carbocycles. The molecule has 2 aromatic rings. The second-order valence-electron chi connectivity index (χ2n) is 9.43.